The second-order valence-corrected chi connectivity index (χ2v) is 7.00. The highest BCUT2D eigenvalue weighted by molar-refractivity contribution is 5.98. The third-order valence-electron chi connectivity index (χ3n) is 4.78. The van der Waals surface area contributed by atoms with E-state index < -0.39 is 0 Å². The predicted molar refractivity (Wildman–Crippen MR) is 72.9 cm³/mol. The number of Topliss-reactive ketones (excluding diaryl/α,β-unsaturated/α-hetero) is 1. The molecule has 2 aliphatic carbocycles. The van der Waals surface area contributed by atoms with Crippen LogP contribution in [0.1, 0.15) is 68.5 Å². The summed E-state index contributed by atoms with van der Waals surface area (Å²) in [5.41, 5.74) is 2.42. The minimum atomic E-state index is 0.127. The number of rotatable bonds is 1. The standard InChI is InChI=1S/C16H23NO/c1-11-5-4-6-13(11)17-8-7-12-14(17)9-16(2,3)10-15(12)18/h7-8,11,13H,4-6,9-10H2,1-3H3. The number of nitrogens with zero attached hydrogens (tertiary/aromatic N) is 1. The van der Waals surface area contributed by atoms with Crippen LogP contribution in [0.4, 0.5) is 0 Å². The second-order valence-electron chi connectivity index (χ2n) is 7.00. The van der Waals surface area contributed by atoms with Crippen LogP contribution >= 0.6 is 0 Å². The first-order chi connectivity index (χ1) is 8.48. The summed E-state index contributed by atoms with van der Waals surface area (Å²) in [6.45, 7) is 6.77. The van der Waals surface area contributed by atoms with Crippen molar-refractivity contribution in [2.24, 2.45) is 11.3 Å². The number of hydrogen-bond donors (Lipinski definition) is 0. The Labute approximate surface area is 109 Å². The van der Waals surface area contributed by atoms with Gasteiger partial charge < -0.3 is 4.57 Å². The maximum Gasteiger partial charge on any atom is 0.165 e. The van der Waals surface area contributed by atoms with Crippen LogP contribution in [-0.2, 0) is 6.42 Å². The van der Waals surface area contributed by atoms with Gasteiger partial charge in [-0.1, -0.05) is 27.2 Å². The lowest BCUT2D eigenvalue weighted by Crippen LogP contribution is -2.29. The topological polar surface area (TPSA) is 22.0 Å². The molecule has 2 unspecified atom stereocenters. The van der Waals surface area contributed by atoms with Gasteiger partial charge in [-0.15, -0.1) is 0 Å². The Morgan fingerprint density at radius 2 is 2.06 bits per heavy atom. The summed E-state index contributed by atoms with van der Waals surface area (Å²) in [7, 11) is 0. The number of fused-ring (bicyclic) bond motifs is 1. The van der Waals surface area contributed by atoms with Crippen LogP contribution in [0.3, 0.4) is 0 Å². The minimum absolute atomic E-state index is 0.127. The van der Waals surface area contributed by atoms with Gasteiger partial charge in [0.25, 0.3) is 0 Å². The highest BCUT2D eigenvalue weighted by Crippen LogP contribution is 2.41. The van der Waals surface area contributed by atoms with Crippen molar-refractivity contribution in [1.29, 1.82) is 0 Å². The van der Waals surface area contributed by atoms with Crippen molar-refractivity contribution < 1.29 is 4.79 Å². The second kappa shape index (κ2) is 3.97. The SMILES string of the molecule is CC1CCCC1n1ccc2c1CC(C)(C)CC2=O. The molecule has 0 amide bonds. The van der Waals surface area contributed by atoms with E-state index in [4.69, 9.17) is 0 Å². The first kappa shape index (κ1) is 12.0. The molecule has 18 heavy (non-hydrogen) atoms. The maximum atomic E-state index is 12.2. The van der Waals surface area contributed by atoms with Gasteiger partial charge in [-0.05, 0) is 36.7 Å². The van der Waals surface area contributed by atoms with Gasteiger partial charge in [-0.25, -0.2) is 0 Å². The normalized spacial score (nSPS) is 30.5. The van der Waals surface area contributed by atoms with E-state index in [9.17, 15) is 4.79 Å². The summed E-state index contributed by atoms with van der Waals surface area (Å²) >= 11 is 0. The van der Waals surface area contributed by atoms with Crippen molar-refractivity contribution >= 4 is 5.78 Å². The van der Waals surface area contributed by atoms with E-state index >= 15 is 0 Å². The van der Waals surface area contributed by atoms with Crippen molar-refractivity contribution in [2.45, 2.75) is 58.9 Å². The molecule has 2 nitrogen and oxygen atoms in total. The van der Waals surface area contributed by atoms with Crippen molar-refractivity contribution in [3.63, 3.8) is 0 Å². The molecule has 1 saturated carbocycles. The average molecular weight is 245 g/mol. The van der Waals surface area contributed by atoms with Crippen LogP contribution < -0.4 is 0 Å². The Hall–Kier alpha value is -1.05. The van der Waals surface area contributed by atoms with Crippen LogP contribution in [0.5, 0.6) is 0 Å². The number of ketones is 1. The number of hydrogen-bond acceptors (Lipinski definition) is 1. The molecule has 1 aromatic heterocycles. The Balaban J connectivity index is 2.02. The van der Waals surface area contributed by atoms with Crippen molar-refractivity contribution in [3.05, 3.63) is 23.5 Å². The molecule has 0 spiro atoms. The summed E-state index contributed by atoms with van der Waals surface area (Å²) in [4.78, 5) is 12.2. The van der Waals surface area contributed by atoms with Crippen LogP contribution in [0.25, 0.3) is 0 Å². The fraction of sp³-hybridized carbons (Fsp3) is 0.688. The van der Waals surface area contributed by atoms with Gasteiger partial charge in [0.05, 0.1) is 0 Å². The Bertz CT molecular complexity index is 483. The van der Waals surface area contributed by atoms with Crippen LogP contribution in [0.2, 0.25) is 0 Å². The largest absolute Gasteiger partial charge is 0.347 e. The zero-order valence-electron chi connectivity index (χ0n) is 11.7. The molecule has 0 N–H and O–H groups in total. The number of aromatic nitrogens is 1. The molecule has 2 aliphatic rings. The fourth-order valence-corrected chi connectivity index (χ4v) is 3.82. The van der Waals surface area contributed by atoms with E-state index in [2.05, 4.69) is 37.6 Å². The monoisotopic (exact) mass is 245 g/mol. The third-order valence-corrected chi connectivity index (χ3v) is 4.78. The van der Waals surface area contributed by atoms with Gasteiger partial charge in [0.1, 0.15) is 0 Å². The highest BCUT2D eigenvalue weighted by atomic mass is 16.1. The summed E-state index contributed by atoms with van der Waals surface area (Å²) in [5.74, 6) is 1.09. The third kappa shape index (κ3) is 1.82. The van der Waals surface area contributed by atoms with Gasteiger partial charge in [0, 0.05) is 29.9 Å². The van der Waals surface area contributed by atoms with Crippen molar-refractivity contribution in [2.75, 3.05) is 0 Å². The zero-order chi connectivity index (χ0) is 12.9. The van der Waals surface area contributed by atoms with Crippen molar-refractivity contribution in [3.8, 4) is 0 Å². The number of carbonyl (C=O) groups is 1. The molecular formula is C16H23NO. The molecule has 1 heterocycles. The molecule has 2 atom stereocenters. The van der Waals surface area contributed by atoms with E-state index in [1.807, 2.05) is 0 Å². The summed E-state index contributed by atoms with van der Waals surface area (Å²) in [6.07, 6.45) is 7.84. The lowest BCUT2D eigenvalue weighted by Gasteiger charge is -2.31. The molecule has 2 heteroatoms. The first-order valence-corrected chi connectivity index (χ1v) is 7.21. The molecule has 0 radical (unpaired) electrons. The Morgan fingerprint density at radius 3 is 2.72 bits per heavy atom. The smallest absolute Gasteiger partial charge is 0.165 e. The van der Waals surface area contributed by atoms with Gasteiger partial charge in [0.15, 0.2) is 5.78 Å². The van der Waals surface area contributed by atoms with E-state index in [1.165, 1.54) is 25.0 Å². The molecule has 98 valence electrons. The van der Waals surface area contributed by atoms with Crippen LogP contribution in [0, 0.1) is 11.3 Å². The minimum Gasteiger partial charge on any atom is -0.347 e. The number of carbonyl (C=O) groups excluding carboxylic acids is 1. The molecule has 0 saturated heterocycles. The Morgan fingerprint density at radius 1 is 1.28 bits per heavy atom. The van der Waals surface area contributed by atoms with Gasteiger partial charge in [-0.3, -0.25) is 4.79 Å². The van der Waals surface area contributed by atoms with E-state index in [-0.39, 0.29) is 5.41 Å². The van der Waals surface area contributed by atoms with Crippen LogP contribution in [-0.4, -0.2) is 10.4 Å². The van der Waals surface area contributed by atoms with Gasteiger partial charge >= 0.3 is 0 Å². The van der Waals surface area contributed by atoms with E-state index in [0.717, 1.165) is 17.9 Å². The average Bonchev–Trinajstić information content (AvgIpc) is 2.82. The highest BCUT2D eigenvalue weighted by Gasteiger charge is 2.35. The maximum absolute atomic E-state index is 12.2. The molecule has 0 aromatic carbocycles. The van der Waals surface area contributed by atoms with Gasteiger partial charge in [0.2, 0.25) is 0 Å². The summed E-state index contributed by atoms with van der Waals surface area (Å²) < 4.78 is 2.42. The quantitative estimate of drug-likeness (QED) is 0.733. The molecule has 0 aliphatic heterocycles. The zero-order valence-corrected chi connectivity index (χ0v) is 11.7. The Kier molecular flexibility index (Phi) is 2.65. The fourth-order valence-electron chi connectivity index (χ4n) is 3.82. The van der Waals surface area contributed by atoms with E-state index in [0.29, 0.717) is 18.2 Å². The predicted octanol–water partition coefficient (Wildman–Crippen LogP) is 4.00. The van der Waals surface area contributed by atoms with Gasteiger partial charge in [-0.2, -0.15) is 0 Å². The first-order valence-electron chi connectivity index (χ1n) is 7.21. The lowest BCUT2D eigenvalue weighted by molar-refractivity contribution is 0.0909. The molecule has 1 aromatic rings. The van der Waals surface area contributed by atoms with E-state index in [1.54, 1.807) is 0 Å². The molecular weight excluding hydrogens is 222 g/mol. The molecule has 3 rings (SSSR count). The molecule has 1 fully saturated rings. The summed E-state index contributed by atoms with van der Waals surface area (Å²) in [6, 6.07) is 2.67. The summed E-state index contributed by atoms with van der Waals surface area (Å²) in [5, 5.41) is 0. The van der Waals surface area contributed by atoms with Crippen molar-refractivity contribution in [1.82, 2.24) is 4.57 Å². The van der Waals surface area contributed by atoms with Crippen LogP contribution in [0.15, 0.2) is 12.3 Å². The lowest BCUT2D eigenvalue weighted by atomic mass is 9.76. The molecule has 0 bridgehead atoms.